The summed E-state index contributed by atoms with van der Waals surface area (Å²) in [4.78, 5) is 11.4. The Morgan fingerprint density at radius 3 is 1.74 bits per heavy atom. The van der Waals surface area contributed by atoms with Gasteiger partial charge >= 0.3 is 5.97 Å². The lowest BCUT2D eigenvalue weighted by Crippen LogP contribution is -2.02. The van der Waals surface area contributed by atoms with Gasteiger partial charge in [-0.05, 0) is 19.3 Å². The van der Waals surface area contributed by atoms with Crippen molar-refractivity contribution < 1.29 is 9.53 Å². The average Bonchev–Trinajstić information content (AvgIpc) is 2.41. The fraction of sp³-hybridized carbons (Fsp3) is 0.824. The molecule has 0 aromatic rings. The van der Waals surface area contributed by atoms with Gasteiger partial charge in [0.25, 0.3) is 0 Å². The molecule has 0 spiro atoms. The fourth-order valence-corrected chi connectivity index (χ4v) is 2.53. The Bertz CT molecular complexity index is 246. The number of esters is 1. The third-order valence-electron chi connectivity index (χ3n) is 3.76. The predicted octanol–water partition coefficient (Wildman–Crippen LogP) is 5.17. The second-order valence-corrected chi connectivity index (χ2v) is 5.60. The van der Waals surface area contributed by atoms with E-state index < -0.39 is 0 Å². The molecule has 1 heterocycles. The van der Waals surface area contributed by atoms with Gasteiger partial charge in [0.2, 0.25) is 0 Å². The fourth-order valence-electron chi connectivity index (χ4n) is 2.53. The highest BCUT2D eigenvalue weighted by molar-refractivity contribution is 5.81. The molecule has 0 N–H and O–H groups in total. The molecule has 0 atom stereocenters. The van der Waals surface area contributed by atoms with Crippen LogP contribution in [-0.2, 0) is 9.53 Å². The van der Waals surface area contributed by atoms with Crippen LogP contribution in [0, 0.1) is 0 Å². The van der Waals surface area contributed by atoms with Gasteiger partial charge in [-0.2, -0.15) is 0 Å². The Kier molecular flexibility index (Phi) is 10.5. The van der Waals surface area contributed by atoms with Crippen molar-refractivity contribution in [1.82, 2.24) is 0 Å². The summed E-state index contributed by atoms with van der Waals surface area (Å²) in [6.07, 6.45) is 20.2. The van der Waals surface area contributed by atoms with E-state index in [0.717, 1.165) is 12.8 Å². The number of carbonyl (C=O) groups excluding carboxylic acids is 1. The first-order valence-electron chi connectivity index (χ1n) is 8.23. The van der Waals surface area contributed by atoms with Crippen molar-refractivity contribution in [2.24, 2.45) is 0 Å². The van der Waals surface area contributed by atoms with Gasteiger partial charge < -0.3 is 4.74 Å². The second-order valence-electron chi connectivity index (χ2n) is 5.60. The normalized spacial score (nSPS) is 23.9. The van der Waals surface area contributed by atoms with E-state index in [9.17, 15) is 4.79 Å². The van der Waals surface area contributed by atoms with Crippen LogP contribution in [0.15, 0.2) is 12.2 Å². The molecule has 0 saturated heterocycles. The first-order chi connectivity index (χ1) is 9.39. The number of hydrogen-bond donors (Lipinski definition) is 0. The molecule has 0 aromatic carbocycles. The zero-order valence-electron chi connectivity index (χ0n) is 12.4. The van der Waals surface area contributed by atoms with Gasteiger partial charge in [0.1, 0.15) is 0 Å². The maximum atomic E-state index is 11.4. The van der Waals surface area contributed by atoms with Crippen molar-refractivity contribution in [3.63, 3.8) is 0 Å². The number of ether oxygens (including phenoxy) is 1. The standard InChI is InChI=1S/C17H30O2/c18-17-15-13-11-9-7-5-3-1-2-4-6-8-10-12-14-16-19-17/h13,15H,1-12,14,16H2/b15-13-. The van der Waals surface area contributed by atoms with Crippen molar-refractivity contribution in [3.05, 3.63) is 12.2 Å². The largest absolute Gasteiger partial charge is 0.463 e. The van der Waals surface area contributed by atoms with Crippen molar-refractivity contribution in [3.8, 4) is 0 Å². The summed E-state index contributed by atoms with van der Waals surface area (Å²) >= 11 is 0. The van der Waals surface area contributed by atoms with Crippen LogP contribution >= 0.6 is 0 Å². The van der Waals surface area contributed by atoms with E-state index in [-0.39, 0.29) is 5.97 Å². The van der Waals surface area contributed by atoms with E-state index in [0.29, 0.717) is 6.61 Å². The molecule has 0 amide bonds. The summed E-state index contributed by atoms with van der Waals surface area (Å²) in [5.41, 5.74) is 0. The molecule has 0 unspecified atom stereocenters. The topological polar surface area (TPSA) is 26.3 Å². The molecule has 1 aliphatic heterocycles. The van der Waals surface area contributed by atoms with Gasteiger partial charge in [-0.3, -0.25) is 0 Å². The Labute approximate surface area is 118 Å². The highest BCUT2D eigenvalue weighted by Gasteiger charge is 1.98. The first-order valence-corrected chi connectivity index (χ1v) is 8.23. The molecule has 2 heteroatoms. The van der Waals surface area contributed by atoms with Crippen LogP contribution in [-0.4, -0.2) is 12.6 Å². The molecule has 0 bridgehead atoms. The monoisotopic (exact) mass is 266 g/mol. The second kappa shape index (κ2) is 12.3. The average molecular weight is 266 g/mol. The summed E-state index contributed by atoms with van der Waals surface area (Å²) < 4.78 is 5.16. The smallest absolute Gasteiger partial charge is 0.330 e. The molecular formula is C17H30O2. The van der Waals surface area contributed by atoms with Crippen molar-refractivity contribution in [1.29, 1.82) is 0 Å². The Balaban J connectivity index is 2.17. The minimum atomic E-state index is -0.166. The van der Waals surface area contributed by atoms with Crippen molar-refractivity contribution >= 4 is 5.97 Å². The SMILES string of the molecule is O=C1/C=C\CCCCCCCCCCCCCCO1. The van der Waals surface area contributed by atoms with E-state index in [1.807, 2.05) is 6.08 Å². The number of carbonyl (C=O) groups is 1. The van der Waals surface area contributed by atoms with E-state index in [1.54, 1.807) is 6.08 Å². The van der Waals surface area contributed by atoms with E-state index in [4.69, 9.17) is 4.74 Å². The van der Waals surface area contributed by atoms with Gasteiger partial charge in [0, 0.05) is 6.08 Å². The molecule has 2 nitrogen and oxygen atoms in total. The third-order valence-corrected chi connectivity index (χ3v) is 3.76. The summed E-state index contributed by atoms with van der Waals surface area (Å²) in [6.45, 7) is 0.586. The minimum absolute atomic E-state index is 0.166. The highest BCUT2D eigenvalue weighted by atomic mass is 16.5. The van der Waals surface area contributed by atoms with Crippen LogP contribution in [0.2, 0.25) is 0 Å². The summed E-state index contributed by atoms with van der Waals surface area (Å²) in [5.74, 6) is -0.166. The summed E-state index contributed by atoms with van der Waals surface area (Å²) in [6, 6.07) is 0. The number of allylic oxidation sites excluding steroid dienone is 1. The van der Waals surface area contributed by atoms with Crippen molar-refractivity contribution in [2.75, 3.05) is 6.61 Å². The molecule has 110 valence electrons. The highest BCUT2D eigenvalue weighted by Crippen LogP contribution is 2.13. The summed E-state index contributed by atoms with van der Waals surface area (Å²) in [5, 5.41) is 0. The molecule has 19 heavy (non-hydrogen) atoms. The lowest BCUT2D eigenvalue weighted by molar-refractivity contribution is -0.137. The Hall–Kier alpha value is -0.790. The Morgan fingerprint density at radius 2 is 1.16 bits per heavy atom. The number of hydrogen-bond acceptors (Lipinski definition) is 2. The minimum Gasteiger partial charge on any atom is -0.463 e. The molecule has 0 aromatic heterocycles. The predicted molar refractivity (Wildman–Crippen MR) is 80.1 cm³/mol. The van der Waals surface area contributed by atoms with Gasteiger partial charge in [-0.1, -0.05) is 70.3 Å². The Morgan fingerprint density at radius 1 is 0.684 bits per heavy atom. The van der Waals surface area contributed by atoms with Crippen LogP contribution in [0.4, 0.5) is 0 Å². The summed E-state index contributed by atoms with van der Waals surface area (Å²) in [7, 11) is 0. The van der Waals surface area contributed by atoms with Crippen LogP contribution in [0.5, 0.6) is 0 Å². The number of rotatable bonds is 0. The lowest BCUT2D eigenvalue weighted by Gasteiger charge is -2.04. The molecule has 0 radical (unpaired) electrons. The first kappa shape index (κ1) is 16.3. The third kappa shape index (κ3) is 10.8. The molecule has 0 saturated carbocycles. The molecular weight excluding hydrogens is 236 g/mol. The maximum Gasteiger partial charge on any atom is 0.330 e. The van der Waals surface area contributed by atoms with Crippen molar-refractivity contribution in [2.45, 2.75) is 83.5 Å². The molecule has 1 rings (SSSR count). The van der Waals surface area contributed by atoms with E-state index in [2.05, 4.69) is 0 Å². The van der Waals surface area contributed by atoms with Gasteiger partial charge in [-0.15, -0.1) is 0 Å². The van der Waals surface area contributed by atoms with Crippen LogP contribution in [0.1, 0.15) is 83.5 Å². The molecule has 0 fully saturated rings. The number of cyclic esters (lactones) is 1. The van der Waals surface area contributed by atoms with Gasteiger partial charge in [-0.25, -0.2) is 4.79 Å². The van der Waals surface area contributed by atoms with E-state index >= 15 is 0 Å². The van der Waals surface area contributed by atoms with Gasteiger partial charge in [0.15, 0.2) is 0 Å². The molecule has 0 aliphatic carbocycles. The zero-order valence-corrected chi connectivity index (χ0v) is 12.4. The lowest BCUT2D eigenvalue weighted by atomic mass is 10.0. The van der Waals surface area contributed by atoms with Crippen LogP contribution < -0.4 is 0 Å². The quantitative estimate of drug-likeness (QED) is 0.565. The zero-order chi connectivity index (χ0) is 13.6. The maximum absolute atomic E-state index is 11.4. The molecule has 1 aliphatic rings. The van der Waals surface area contributed by atoms with Crippen LogP contribution in [0.3, 0.4) is 0 Å². The van der Waals surface area contributed by atoms with Gasteiger partial charge in [0.05, 0.1) is 6.61 Å². The van der Waals surface area contributed by atoms with Crippen LogP contribution in [0.25, 0.3) is 0 Å². The van der Waals surface area contributed by atoms with E-state index in [1.165, 1.54) is 70.6 Å².